The van der Waals surface area contributed by atoms with Gasteiger partial charge in [0.25, 0.3) is 0 Å². The number of nitrogens with one attached hydrogen (secondary N) is 1. The Morgan fingerprint density at radius 1 is 1.39 bits per heavy atom. The summed E-state index contributed by atoms with van der Waals surface area (Å²) < 4.78 is 13.1. The van der Waals surface area contributed by atoms with Crippen LogP contribution >= 0.6 is 12.2 Å². The molecule has 0 heterocycles. The molecule has 1 aromatic carbocycles. The molecule has 0 unspecified atom stereocenters. The van der Waals surface area contributed by atoms with Gasteiger partial charge in [-0.25, -0.2) is 4.39 Å². The summed E-state index contributed by atoms with van der Waals surface area (Å²) in [6.07, 6.45) is 1.34. The second-order valence-electron chi connectivity index (χ2n) is 5.45. The molecule has 0 saturated heterocycles. The maximum Gasteiger partial charge on any atom is 0.219 e. The van der Waals surface area contributed by atoms with Crippen molar-refractivity contribution in [2.24, 2.45) is 10.8 Å². The third-order valence-electron chi connectivity index (χ3n) is 3.32. The minimum absolute atomic E-state index is 0.0431. The Hall–Kier alpha value is -2.02. The molecule has 0 saturated carbocycles. The molecule has 0 radical (unpaired) electrons. The second-order valence-corrected chi connectivity index (χ2v) is 5.89. The van der Waals surface area contributed by atoms with Crippen molar-refractivity contribution >= 4 is 28.9 Å². The number of amides is 1. The first kappa shape index (κ1) is 19.0. The highest BCUT2D eigenvalue weighted by atomic mass is 32.1. The highest BCUT2D eigenvalue weighted by Gasteiger charge is 2.13. The molecule has 1 amide bonds. The molecule has 0 aliphatic heterocycles. The van der Waals surface area contributed by atoms with Crippen molar-refractivity contribution in [2.45, 2.75) is 39.7 Å². The van der Waals surface area contributed by atoms with Gasteiger partial charge in [0.05, 0.1) is 5.71 Å². The van der Waals surface area contributed by atoms with Gasteiger partial charge in [0.1, 0.15) is 5.82 Å². The van der Waals surface area contributed by atoms with E-state index < -0.39 is 0 Å². The minimum Gasteiger partial charge on any atom is -0.375 e. The zero-order valence-corrected chi connectivity index (χ0v) is 14.5. The molecule has 0 aliphatic carbocycles. The van der Waals surface area contributed by atoms with Gasteiger partial charge in [-0.15, -0.1) is 0 Å². The van der Waals surface area contributed by atoms with E-state index in [2.05, 4.69) is 10.5 Å². The van der Waals surface area contributed by atoms with Crippen molar-refractivity contribution in [3.63, 3.8) is 0 Å². The van der Waals surface area contributed by atoms with Gasteiger partial charge >= 0.3 is 0 Å². The lowest BCUT2D eigenvalue weighted by atomic mass is 10.1. The van der Waals surface area contributed by atoms with Crippen molar-refractivity contribution < 1.29 is 9.18 Å². The summed E-state index contributed by atoms with van der Waals surface area (Å²) in [5, 5.41) is 4.25. The number of thiocarbonyl (C=S) groups is 1. The van der Waals surface area contributed by atoms with Crippen LogP contribution in [0.4, 0.5) is 4.39 Å². The summed E-state index contributed by atoms with van der Waals surface area (Å²) in [4.78, 5) is 13.4. The lowest BCUT2D eigenvalue weighted by Gasteiger charge is -2.25. The average molecular weight is 338 g/mol. The second kappa shape index (κ2) is 9.19. The van der Waals surface area contributed by atoms with Gasteiger partial charge < -0.3 is 10.6 Å². The van der Waals surface area contributed by atoms with Crippen molar-refractivity contribution in [3.8, 4) is 0 Å². The van der Waals surface area contributed by atoms with E-state index in [1.807, 2.05) is 13.8 Å². The molecule has 3 N–H and O–H groups in total. The number of hydrogen-bond acceptors (Lipinski definition) is 3. The smallest absolute Gasteiger partial charge is 0.219 e. The number of benzene rings is 1. The fourth-order valence-corrected chi connectivity index (χ4v) is 2.27. The molecule has 126 valence electrons. The maximum absolute atomic E-state index is 13.1. The number of rotatable bonds is 7. The summed E-state index contributed by atoms with van der Waals surface area (Å²) in [6, 6.07) is 6.21. The molecule has 0 aromatic heterocycles. The first-order valence-corrected chi connectivity index (χ1v) is 7.87. The van der Waals surface area contributed by atoms with Gasteiger partial charge in [0, 0.05) is 19.5 Å². The number of carbonyl (C=O) groups is 1. The number of carbonyl (C=O) groups excluding carboxylic acids is 1. The van der Waals surface area contributed by atoms with Crippen LogP contribution in [0.3, 0.4) is 0 Å². The van der Waals surface area contributed by atoms with Crippen LogP contribution in [0.2, 0.25) is 0 Å². The molecule has 0 atom stereocenters. The highest BCUT2D eigenvalue weighted by molar-refractivity contribution is 7.80. The number of nitrogens with zero attached hydrogens (tertiary/aromatic N) is 2. The first-order valence-electron chi connectivity index (χ1n) is 7.46. The lowest BCUT2D eigenvalue weighted by molar-refractivity contribution is -0.130. The number of nitrogens with two attached hydrogens (primary N) is 1. The maximum atomic E-state index is 13.1. The monoisotopic (exact) mass is 338 g/mol. The summed E-state index contributed by atoms with van der Waals surface area (Å²) >= 11 is 4.75. The number of hydrogen-bond donors (Lipinski definition) is 2. The Morgan fingerprint density at radius 2 is 2.00 bits per heavy atom. The summed E-state index contributed by atoms with van der Waals surface area (Å²) in [7, 11) is 0. The number of halogens is 1. The molecule has 5 nitrogen and oxygen atoms in total. The molecule has 0 fully saturated rings. The zero-order chi connectivity index (χ0) is 17.4. The van der Waals surface area contributed by atoms with Crippen LogP contribution in [0.5, 0.6) is 0 Å². The van der Waals surface area contributed by atoms with Gasteiger partial charge in [-0.05, 0) is 56.6 Å². The van der Waals surface area contributed by atoms with E-state index in [1.165, 1.54) is 12.1 Å². The zero-order valence-electron chi connectivity index (χ0n) is 13.7. The molecular weight excluding hydrogens is 315 g/mol. The van der Waals surface area contributed by atoms with E-state index in [1.54, 1.807) is 24.0 Å². The molecule has 1 rings (SSSR count). The van der Waals surface area contributed by atoms with E-state index in [0.29, 0.717) is 18.7 Å². The predicted octanol–water partition coefficient (Wildman–Crippen LogP) is 2.40. The molecule has 23 heavy (non-hydrogen) atoms. The molecule has 0 bridgehead atoms. The van der Waals surface area contributed by atoms with Crippen LogP contribution in [0.25, 0.3) is 0 Å². The summed E-state index contributed by atoms with van der Waals surface area (Å²) in [5.41, 5.74) is 9.46. The van der Waals surface area contributed by atoms with Crippen LogP contribution in [0.1, 0.15) is 39.2 Å². The van der Waals surface area contributed by atoms with Gasteiger partial charge in [0.15, 0.2) is 5.11 Å². The van der Waals surface area contributed by atoms with E-state index in [0.717, 1.165) is 12.0 Å². The fourth-order valence-electron chi connectivity index (χ4n) is 2.23. The largest absolute Gasteiger partial charge is 0.375 e. The number of hydrazone groups is 1. The third-order valence-corrected chi connectivity index (χ3v) is 3.41. The van der Waals surface area contributed by atoms with Crippen LogP contribution < -0.4 is 11.2 Å². The van der Waals surface area contributed by atoms with Gasteiger partial charge in [-0.1, -0.05) is 12.1 Å². The molecular formula is C16H23FN4OS. The Labute approximate surface area is 141 Å². The molecule has 7 heteroatoms. The molecule has 1 aromatic rings. The lowest BCUT2D eigenvalue weighted by Crippen LogP contribution is -2.36. The van der Waals surface area contributed by atoms with Crippen molar-refractivity contribution in [3.05, 3.63) is 35.6 Å². The quantitative estimate of drug-likeness (QED) is 0.455. The van der Waals surface area contributed by atoms with Gasteiger partial charge in [0.2, 0.25) is 5.91 Å². The Bertz CT molecular complexity index is 572. The molecule has 0 aliphatic rings. The van der Waals surface area contributed by atoms with E-state index >= 15 is 0 Å². The van der Waals surface area contributed by atoms with E-state index in [4.69, 9.17) is 18.0 Å². The van der Waals surface area contributed by atoms with Crippen LogP contribution in [0.15, 0.2) is 29.4 Å². The van der Waals surface area contributed by atoms with Crippen LogP contribution in [-0.2, 0) is 4.79 Å². The Balaban J connectivity index is 2.78. The summed E-state index contributed by atoms with van der Waals surface area (Å²) in [5.74, 6) is -0.264. The van der Waals surface area contributed by atoms with Gasteiger partial charge in [-0.2, -0.15) is 5.10 Å². The Kier molecular flexibility index (Phi) is 7.61. The van der Waals surface area contributed by atoms with Crippen molar-refractivity contribution in [1.82, 2.24) is 10.3 Å². The van der Waals surface area contributed by atoms with Crippen molar-refractivity contribution in [2.75, 3.05) is 6.54 Å². The standard InChI is InChI=1S/C16H23FN4OS/c1-11(2)21(12(3)22)10-4-5-15(19-20-16(18)23)13-6-8-14(17)9-7-13/h6-9,11H,4-5,10H2,1-3H3,(H3,18,20,23). The van der Waals surface area contributed by atoms with E-state index in [9.17, 15) is 9.18 Å². The minimum atomic E-state index is -0.307. The summed E-state index contributed by atoms with van der Waals surface area (Å²) in [6.45, 7) is 6.14. The van der Waals surface area contributed by atoms with Crippen LogP contribution in [-0.4, -0.2) is 34.2 Å². The topological polar surface area (TPSA) is 70.7 Å². The average Bonchev–Trinajstić information content (AvgIpc) is 2.46. The Morgan fingerprint density at radius 3 is 2.48 bits per heavy atom. The first-order chi connectivity index (χ1) is 10.8. The SMILES string of the molecule is CC(=O)N(CCCC(=NNC(N)=S)c1ccc(F)cc1)C(C)C. The van der Waals surface area contributed by atoms with Gasteiger partial charge in [-0.3, -0.25) is 10.2 Å². The fraction of sp³-hybridized carbons (Fsp3) is 0.438. The van der Waals surface area contributed by atoms with Crippen LogP contribution in [0, 0.1) is 5.82 Å². The third kappa shape index (κ3) is 6.73. The molecule has 0 spiro atoms. The van der Waals surface area contributed by atoms with Crippen molar-refractivity contribution in [1.29, 1.82) is 0 Å². The normalized spacial score (nSPS) is 11.4. The predicted molar refractivity (Wildman–Crippen MR) is 94.6 cm³/mol. The highest BCUT2D eigenvalue weighted by Crippen LogP contribution is 2.10. The van der Waals surface area contributed by atoms with E-state index in [-0.39, 0.29) is 22.9 Å².